The van der Waals surface area contributed by atoms with Crippen molar-refractivity contribution in [2.75, 3.05) is 0 Å². The lowest BCUT2D eigenvalue weighted by atomic mass is 9.91. The van der Waals surface area contributed by atoms with Crippen LogP contribution < -0.4 is 4.74 Å². The minimum atomic E-state index is 0.902. The summed E-state index contributed by atoms with van der Waals surface area (Å²) >= 11 is 0. The molecule has 0 atom stereocenters. The Labute approximate surface area is 266 Å². The lowest BCUT2D eigenvalue weighted by molar-refractivity contribution is 0.487. The van der Waals surface area contributed by atoms with Gasteiger partial charge in [0.05, 0.1) is 11.0 Å². The monoisotopic (exact) mass is 585 g/mol. The molecule has 1 aliphatic heterocycles. The van der Waals surface area contributed by atoms with Gasteiger partial charge in [-0.1, -0.05) is 109 Å². The Hall–Kier alpha value is -6.12. The zero-order chi connectivity index (χ0) is 30.2. The molecule has 8 aromatic carbocycles. The smallest absolute Gasteiger partial charge is 0.135 e. The van der Waals surface area contributed by atoms with E-state index in [-0.39, 0.29) is 0 Å². The average molecular weight is 586 g/mol. The third kappa shape index (κ3) is 3.71. The predicted molar refractivity (Wildman–Crippen MR) is 192 cm³/mol. The number of hydrogen-bond donors (Lipinski definition) is 0. The summed E-state index contributed by atoms with van der Waals surface area (Å²) in [5.74, 6) is 1.83. The van der Waals surface area contributed by atoms with Gasteiger partial charge in [0.15, 0.2) is 0 Å². The Morgan fingerprint density at radius 2 is 1.11 bits per heavy atom. The molecule has 0 unspecified atom stereocenters. The first-order valence-electron chi connectivity index (χ1n) is 15.8. The molecule has 0 radical (unpaired) electrons. The van der Waals surface area contributed by atoms with Gasteiger partial charge in [0, 0.05) is 27.4 Å². The fourth-order valence-corrected chi connectivity index (χ4v) is 7.46. The van der Waals surface area contributed by atoms with E-state index in [0.29, 0.717) is 0 Å². The summed E-state index contributed by atoms with van der Waals surface area (Å²) in [4.78, 5) is 0. The first-order chi connectivity index (χ1) is 22.8. The van der Waals surface area contributed by atoms with E-state index in [1.54, 1.807) is 0 Å². The van der Waals surface area contributed by atoms with E-state index >= 15 is 0 Å². The van der Waals surface area contributed by atoms with Crippen LogP contribution in [-0.2, 0) is 0 Å². The third-order valence-corrected chi connectivity index (χ3v) is 9.55. The van der Waals surface area contributed by atoms with Crippen molar-refractivity contribution in [3.8, 4) is 50.6 Å². The molecule has 2 heterocycles. The number of hydrogen-bond acceptors (Lipinski definition) is 1. The van der Waals surface area contributed by atoms with Gasteiger partial charge in [-0.15, -0.1) is 0 Å². The van der Waals surface area contributed by atoms with Crippen molar-refractivity contribution in [2.45, 2.75) is 0 Å². The van der Waals surface area contributed by atoms with Gasteiger partial charge in [0.2, 0.25) is 0 Å². The van der Waals surface area contributed by atoms with Crippen LogP contribution in [0.2, 0.25) is 0 Å². The number of para-hydroxylation sites is 2. The summed E-state index contributed by atoms with van der Waals surface area (Å²) in [5.41, 5.74) is 10.8. The molecule has 9 aromatic rings. The van der Waals surface area contributed by atoms with Gasteiger partial charge >= 0.3 is 0 Å². The Bertz CT molecular complexity index is 2660. The van der Waals surface area contributed by atoms with Gasteiger partial charge in [0.25, 0.3) is 0 Å². The molecule has 0 spiro atoms. The average Bonchev–Trinajstić information content (AvgIpc) is 3.44. The summed E-state index contributed by atoms with van der Waals surface area (Å²) in [6, 6.07) is 59.1. The molecule has 46 heavy (non-hydrogen) atoms. The predicted octanol–water partition coefficient (Wildman–Crippen LogP) is 12.2. The highest BCUT2D eigenvalue weighted by atomic mass is 16.5. The molecule has 2 heteroatoms. The topological polar surface area (TPSA) is 14.2 Å². The molecular weight excluding hydrogens is 558 g/mol. The van der Waals surface area contributed by atoms with E-state index in [1.165, 1.54) is 76.9 Å². The van der Waals surface area contributed by atoms with Gasteiger partial charge in [0.1, 0.15) is 11.5 Å². The van der Waals surface area contributed by atoms with E-state index in [0.717, 1.165) is 17.1 Å². The van der Waals surface area contributed by atoms with Crippen LogP contribution in [0.15, 0.2) is 164 Å². The largest absolute Gasteiger partial charge is 0.456 e. The van der Waals surface area contributed by atoms with Crippen LogP contribution in [0.1, 0.15) is 0 Å². The zero-order valence-electron chi connectivity index (χ0n) is 24.9. The highest BCUT2D eigenvalue weighted by molar-refractivity contribution is 6.15. The molecule has 1 aromatic heterocycles. The minimum absolute atomic E-state index is 0.902. The molecule has 0 saturated carbocycles. The number of aromatic nitrogens is 1. The van der Waals surface area contributed by atoms with Crippen molar-refractivity contribution >= 4 is 43.4 Å². The van der Waals surface area contributed by atoms with Gasteiger partial charge in [-0.3, -0.25) is 0 Å². The Morgan fingerprint density at radius 1 is 0.370 bits per heavy atom. The molecule has 0 amide bonds. The molecule has 0 N–H and O–H groups in total. The quantitative estimate of drug-likeness (QED) is 0.201. The first-order valence-corrected chi connectivity index (χ1v) is 15.8. The van der Waals surface area contributed by atoms with Gasteiger partial charge in [-0.2, -0.15) is 0 Å². The lowest BCUT2D eigenvalue weighted by Crippen LogP contribution is -1.97. The molecule has 2 nitrogen and oxygen atoms in total. The molecule has 0 fully saturated rings. The maximum atomic E-state index is 6.38. The Balaban J connectivity index is 1.13. The SMILES string of the molecule is c1ccc(-n2c3ccccc3c3cc4c(-c5cccc(-c6ccc7c(c6)-c6cccc8cccc(c68)O7)c5)cccc4cc32)cc1. The minimum Gasteiger partial charge on any atom is -0.456 e. The number of benzene rings is 8. The van der Waals surface area contributed by atoms with Crippen molar-refractivity contribution in [2.24, 2.45) is 0 Å². The highest BCUT2D eigenvalue weighted by Gasteiger charge is 2.20. The normalized spacial score (nSPS) is 12.1. The summed E-state index contributed by atoms with van der Waals surface area (Å²) in [6.07, 6.45) is 0. The van der Waals surface area contributed by atoms with Crippen molar-refractivity contribution in [3.05, 3.63) is 164 Å². The molecule has 214 valence electrons. The van der Waals surface area contributed by atoms with Crippen LogP contribution in [-0.4, -0.2) is 4.57 Å². The summed E-state index contributed by atoms with van der Waals surface area (Å²) < 4.78 is 8.76. The molecular formula is C44H27NO. The second-order valence-corrected chi connectivity index (χ2v) is 12.1. The summed E-state index contributed by atoms with van der Waals surface area (Å²) in [6.45, 7) is 0. The van der Waals surface area contributed by atoms with E-state index < -0.39 is 0 Å². The zero-order valence-corrected chi connectivity index (χ0v) is 24.9. The van der Waals surface area contributed by atoms with E-state index in [2.05, 4.69) is 168 Å². The Morgan fingerprint density at radius 3 is 2.02 bits per heavy atom. The number of rotatable bonds is 3. The van der Waals surface area contributed by atoms with Gasteiger partial charge < -0.3 is 9.30 Å². The van der Waals surface area contributed by atoms with E-state index in [1.807, 2.05) is 0 Å². The maximum absolute atomic E-state index is 6.38. The third-order valence-electron chi connectivity index (χ3n) is 9.55. The Kier molecular flexibility index (Phi) is 5.31. The van der Waals surface area contributed by atoms with Gasteiger partial charge in [-0.05, 0) is 98.6 Å². The highest BCUT2D eigenvalue weighted by Crippen LogP contribution is 2.47. The molecule has 0 bridgehead atoms. The second-order valence-electron chi connectivity index (χ2n) is 12.1. The summed E-state index contributed by atoms with van der Waals surface area (Å²) in [5, 5.41) is 7.39. The van der Waals surface area contributed by atoms with E-state index in [9.17, 15) is 0 Å². The fraction of sp³-hybridized carbons (Fsp3) is 0. The fourth-order valence-electron chi connectivity index (χ4n) is 7.46. The number of nitrogens with zero attached hydrogens (tertiary/aromatic N) is 1. The van der Waals surface area contributed by atoms with Crippen molar-refractivity contribution in [1.29, 1.82) is 0 Å². The second kappa shape index (κ2) is 9.69. The molecule has 0 aliphatic carbocycles. The van der Waals surface area contributed by atoms with E-state index in [4.69, 9.17) is 4.74 Å². The van der Waals surface area contributed by atoms with Gasteiger partial charge in [-0.25, -0.2) is 0 Å². The molecule has 10 rings (SSSR count). The number of fused-ring (bicyclic) bond motifs is 6. The van der Waals surface area contributed by atoms with Crippen LogP contribution in [0.5, 0.6) is 11.5 Å². The van der Waals surface area contributed by atoms with Crippen LogP contribution in [0.4, 0.5) is 0 Å². The van der Waals surface area contributed by atoms with Crippen LogP contribution in [0.3, 0.4) is 0 Å². The molecule has 0 saturated heterocycles. The lowest BCUT2D eigenvalue weighted by Gasteiger charge is -2.22. The summed E-state index contributed by atoms with van der Waals surface area (Å²) in [7, 11) is 0. The molecule has 1 aliphatic rings. The maximum Gasteiger partial charge on any atom is 0.135 e. The standard InChI is InChI=1S/C44H27NO/c1-2-15-33(16-3-1)45-40-20-5-4-17-35(40)38-27-37-32(26-41(38)45)14-8-18-34(37)31-13-6-12-29(24-31)30-22-23-42-39(25-30)36-19-7-10-28-11-9-21-43(46-42)44(28)36/h1-27H. The first kappa shape index (κ1) is 25.2. The van der Waals surface area contributed by atoms with Crippen molar-refractivity contribution in [3.63, 3.8) is 0 Å². The van der Waals surface area contributed by atoms with Crippen molar-refractivity contribution in [1.82, 2.24) is 4.57 Å². The van der Waals surface area contributed by atoms with Crippen LogP contribution in [0, 0.1) is 0 Å². The van der Waals surface area contributed by atoms with Crippen LogP contribution in [0.25, 0.3) is 82.4 Å². The van der Waals surface area contributed by atoms with Crippen molar-refractivity contribution < 1.29 is 4.74 Å². The number of ether oxygens (including phenoxy) is 1. The van der Waals surface area contributed by atoms with Crippen LogP contribution >= 0.6 is 0 Å².